The molecule has 13 N–H and O–H groups in total. The molecule has 9 amide bonds. The fourth-order valence-corrected chi connectivity index (χ4v) is 7.27. The summed E-state index contributed by atoms with van der Waals surface area (Å²) in [6, 6.07) is -8.04. The standard InChI is InChI=1S/C43H78N12O10/c1-10-17-29(51-41(64)35(26(7)56)54-40(63)34(25(6)11-2)53-39(62)33(24(4)5)49-28(9)58)36(59)50-30(18-13-14-21-47-27(8)57)37(60)52-31(19-15-22-48-43(44)45)42(65)55-23-16-20-32(55)38(61)46-12-3/h24-26,29-35,56H,10-23H2,1-9H3,(H,46,61)(H,47,57)(H,49,58)(H,50,59)(H,51,64)(H,52,60)(H,53,62)(H,54,63)(H4,44,45,48)/t25-,26+,29-,30-,31-,32-,33-,34+,35-/m0/s1. The number of amides is 9. The molecule has 0 saturated carbocycles. The van der Waals surface area contributed by atoms with E-state index in [1.54, 1.807) is 41.5 Å². The zero-order valence-corrected chi connectivity index (χ0v) is 39.8. The van der Waals surface area contributed by atoms with Crippen LogP contribution in [0.5, 0.6) is 0 Å². The minimum absolute atomic E-state index is 0.0682. The van der Waals surface area contributed by atoms with Gasteiger partial charge in [0.1, 0.15) is 42.3 Å². The third kappa shape index (κ3) is 20.5. The monoisotopic (exact) mass is 923 g/mol. The number of nitrogens with one attached hydrogen (secondary N) is 8. The second kappa shape index (κ2) is 29.8. The van der Waals surface area contributed by atoms with Crippen LogP contribution in [0.3, 0.4) is 0 Å². The van der Waals surface area contributed by atoms with Gasteiger partial charge in [-0.15, -0.1) is 0 Å². The maximum Gasteiger partial charge on any atom is 0.245 e. The Kier molecular flexibility index (Phi) is 26.4. The minimum atomic E-state index is -1.58. The fraction of sp³-hybridized carbons (Fsp3) is 0.767. The van der Waals surface area contributed by atoms with Crippen molar-refractivity contribution in [1.82, 2.24) is 47.4 Å². The topological polar surface area (TPSA) is 338 Å². The zero-order valence-electron chi connectivity index (χ0n) is 39.8. The number of likely N-dealkylation sites (N-methyl/N-ethyl adjacent to an activating group) is 1. The van der Waals surface area contributed by atoms with Crippen molar-refractivity contribution in [2.45, 2.75) is 175 Å². The van der Waals surface area contributed by atoms with Crippen LogP contribution in [0.25, 0.3) is 0 Å². The van der Waals surface area contributed by atoms with Crippen molar-refractivity contribution in [2.75, 3.05) is 26.2 Å². The Morgan fingerprint density at radius 3 is 1.75 bits per heavy atom. The third-order valence-electron chi connectivity index (χ3n) is 11.0. The molecule has 0 aromatic heterocycles. The number of rotatable bonds is 29. The van der Waals surface area contributed by atoms with Gasteiger partial charge in [0.25, 0.3) is 0 Å². The van der Waals surface area contributed by atoms with Crippen molar-refractivity contribution in [3.63, 3.8) is 0 Å². The molecule has 0 bridgehead atoms. The smallest absolute Gasteiger partial charge is 0.245 e. The van der Waals surface area contributed by atoms with Gasteiger partial charge in [-0.25, -0.2) is 0 Å². The molecule has 1 saturated heterocycles. The van der Waals surface area contributed by atoms with Crippen molar-refractivity contribution in [2.24, 2.45) is 28.3 Å². The molecule has 0 unspecified atom stereocenters. The summed E-state index contributed by atoms with van der Waals surface area (Å²) in [7, 11) is 0. The molecule has 1 aliphatic heterocycles. The number of aliphatic imine (C=N–C) groups is 1. The van der Waals surface area contributed by atoms with Crippen LogP contribution in [0.4, 0.5) is 0 Å². The fourth-order valence-electron chi connectivity index (χ4n) is 7.27. The molecule has 1 fully saturated rings. The average Bonchev–Trinajstić information content (AvgIpc) is 3.73. The van der Waals surface area contributed by atoms with Gasteiger partial charge in [0.15, 0.2) is 5.96 Å². The average molecular weight is 923 g/mol. The molecular weight excluding hydrogens is 845 g/mol. The van der Waals surface area contributed by atoms with Crippen molar-refractivity contribution in [3.05, 3.63) is 0 Å². The number of hydrogen-bond donors (Lipinski definition) is 11. The van der Waals surface area contributed by atoms with E-state index < -0.39 is 95.7 Å². The molecule has 0 aromatic carbocycles. The molecule has 0 aliphatic carbocycles. The molecule has 0 aromatic rings. The first kappa shape index (κ1) is 57.5. The summed E-state index contributed by atoms with van der Waals surface area (Å²) in [6.07, 6.45) is 1.71. The summed E-state index contributed by atoms with van der Waals surface area (Å²) in [5, 5.41) is 32.1. The summed E-state index contributed by atoms with van der Waals surface area (Å²) in [5.74, 6) is -6.15. The Hall–Kier alpha value is -5.54. The number of nitrogens with zero attached hydrogens (tertiary/aromatic N) is 2. The van der Waals surface area contributed by atoms with Crippen LogP contribution in [0, 0.1) is 11.8 Å². The molecule has 370 valence electrons. The molecule has 1 aliphatic rings. The lowest BCUT2D eigenvalue weighted by molar-refractivity contribution is -0.142. The first-order valence-electron chi connectivity index (χ1n) is 22.9. The third-order valence-corrected chi connectivity index (χ3v) is 11.0. The number of nitrogens with two attached hydrogens (primary N) is 2. The van der Waals surface area contributed by atoms with Crippen molar-refractivity contribution in [3.8, 4) is 0 Å². The first-order chi connectivity index (χ1) is 30.6. The van der Waals surface area contributed by atoms with E-state index >= 15 is 0 Å². The van der Waals surface area contributed by atoms with Gasteiger partial charge in [-0.2, -0.15) is 0 Å². The predicted molar refractivity (Wildman–Crippen MR) is 244 cm³/mol. The highest BCUT2D eigenvalue weighted by molar-refractivity contribution is 5.98. The zero-order chi connectivity index (χ0) is 49.4. The quantitative estimate of drug-likeness (QED) is 0.0227. The van der Waals surface area contributed by atoms with Crippen LogP contribution in [-0.4, -0.2) is 144 Å². The number of aliphatic hydroxyl groups is 1. The van der Waals surface area contributed by atoms with Crippen LogP contribution in [0.15, 0.2) is 4.99 Å². The van der Waals surface area contributed by atoms with E-state index in [-0.39, 0.29) is 55.9 Å². The maximum atomic E-state index is 14.2. The Labute approximate surface area is 383 Å². The van der Waals surface area contributed by atoms with Crippen LogP contribution >= 0.6 is 0 Å². The number of guanidine groups is 1. The van der Waals surface area contributed by atoms with Crippen LogP contribution in [0.1, 0.15) is 127 Å². The highest BCUT2D eigenvalue weighted by Crippen LogP contribution is 2.20. The van der Waals surface area contributed by atoms with Crippen molar-refractivity contribution in [1.29, 1.82) is 0 Å². The van der Waals surface area contributed by atoms with E-state index in [1.807, 2.05) is 0 Å². The van der Waals surface area contributed by atoms with Crippen LogP contribution in [0.2, 0.25) is 0 Å². The second-order valence-electron chi connectivity index (χ2n) is 17.0. The normalized spacial score (nSPS) is 17.1. The Morgan fingerprint density at radius 1 is 0.662 bits per heavy atom. The lowest BCUT2D eigenvalue weighted by Crippen LogP contribution is -2.62. The molecule has 0 spiro atoms. The van der Waals surface area contributed by atoms with E-state index in [2.05, 4.69) is 47.5 Å². The summed E-state index contributed by atoms with van der Waals surface area (Å²) >= 11 is 0. The van der Waals surface area contributed by atoms with Gasteiger partial charge < -0.3 is 64.0 Å². The molecule has 22 nitrogen and oxygen atoms in total. The van der Waals surface area contributed by atoms with Gasteiger partial charge in [-0.05, 0) is 77.0 Å². The van der Waals surface area contributed by atoms with E-state index in [4.69, 9.17) is 11.5 Å². The first-order valence-corrected chi connectivity index (χ1v) is 22.9. The van der Waals surface area contributed by atoms with Crippen molar-refractivity contribution >= 4 is 59.1 Å². The highest BCUT2D eigenvalue weighted by Gasteiger charge is 2.39. The molecule has 0 radical (unpaired) electrons. The molecular formula is C43H78N12O10. The van der Waals surface area contributed by atoms with Crippen LogP contribution < -0.4 is 54.0 Å². The van der Waals surface area contributed by atoms with Crippen molar-refractivity contribution < 1.29 is 48.3 Å². The molecule has 22 heteroatoms. The summed E-state index contributed by atoms with van der Waals surface area (Å²) in [6.45, 7) is 15.6. The van der Waals surface area contributed by atoms with Crippen LogP contribution in [-0.2, 0) is 43.2 Å². The van der Waals surface area contributed by atoms with Gasteiger partial charge in [-0.3, -0.25) is 48.1 Å². The van der Waals surface area contributed by atoms with Gasteiger partial charge in [0.05, 0.1) is 6.10 Å². The van der Waals surface area contributed by atoms with E-state index in [9.17, 15) is 48.3 Å². The summed E-state index contributed by atoms with van der Waals surface area (Å²) < 4.78 is 0. The highest BCUT2D eigenvalue weighted by atomic mass is 16.3. The second-order valence-corrected chi connectivity index (χ2v) is 17.0. The number of likely N-dealkylation sites (tertiary alicyclic amines) is 1. The summed E-state index contributed by atoms with van der Waals surface area (Å²) in [4.78, 5) is 125. The van der Waals surface area contributed by atoms with Gasteiger partial charge >= 0.3 is 0 Å². The van der Waals surface area contributed by atoms with Gasteiger partial charge in [-0.1, -0.05) is 47.5 Å². The predicted octanol–water partition coefficient (Wildman–Crippen LogP) is -1.71. The van der Waals surface area contributed by atoms with E-state index in [0.717, 1.165) is 0 Å². The molecule has 1 heterocycles. The Morgan fingerprint density at radius 2 is 1.22 bits per heavy atom. The van der Waals surface area contributed by atoms with Gasteiger partial charge in [0.2, 0.25) is 53.2 Å². The Balaban J connectivity index is 3.43. The largest absolute Gasteiger partial charge is 0.391 e. The van der Waals surface area contributed by atoms with E-state index in [0.29, 0.717) is 58.2 Å². The number of aliphatic hydroxyl groups excluding tert-OH is 1. The van der Waals surface area contributed by atoms with Gasteiger partial charge in [0, 0.05) is 40.0 Å². The molecule has 9 atom stereocenters. The number of hydrogen-bond acceptors (Lipinski definition) is 11. The number of carbonyl (C=O) groups is 9. The SMILES string of the molecule is CCC[C@H](NC(=O)[C@@H](NC(=O)[C@H](NC(=O)[C@@H](NC(C)=O)C(C)C)[C@@H](C)CC)[C@@H](C)O)C(=O)N[C@@H](CCCCNC(C)=O)C(=O)N[C@@H](CCCN=C(N)N)C(=O)N1CCC[C@H]1C(=O)NCC. The van der Waals surface area contributed by atoms with E-state index in [1.165, 1.54) is 25.7 Å². The lowest BCUT2D eigenvalue weighted by Gasteiger charge is -2.31. The molecule has 65 heavy (non-hydrogen) atoms. The number of carbonyl (C=O) groups excluding carboxylic acids is 9. The lowest BCUT2D eigenvalue weighted by atomic mass is 9.96. The summed E-state index contributed by atoms with van der Waals surface area (Å²) in [5.41, 5.74) is 11.0. The molecule has 1 rings (SSSR count). The Bertz CT molecular complexity index is 1640. The number of unbranched alkanes of at least 4 members (excludes halogenated alkanes) is 1. The minimum Gasteiger partial charge on any atom is -0.391 e. The maximum absolute atomic E-state index is 14.2.